The van der Waals surface area contributed by atoms with Crippen LogP contribution in [0.2, 0.25) is 5.02 Å². The van der Waals surface area contributed by atoms with Gasteiger partial charge in [-0.3, -0.25) is 9.59 Å². The second kappa shape index (κ2) is 7.19. The number of carboxylic acids is 1. The number of aliphatic carboxylic acids is 1. The number of halogens is 2. The normalized spacial score (nSPS) is 10.6. The second-order valence-electron chi connectivity index (χ2n) is 4.79. The van der Waals surface area contributed by atoms with Crippen molar-refractivity contribution in [1.29, 1.82) is 0 Å². The van der Waals surface area contributed by atoms with Crippen molar-refractivity contribution < 1.29 is 19.1 Å². The third kappa shape index (κ3) is 4.04. The molecule has 0 radical (unpaired) electrons. The molecule has 2 rings (SSSR count). The molecule has 9 heteroatoms. The van der Waals surface area contributed by atoms with Crippen molar-refractivity contribution in [3.63, 3.8) is 0 Å². The van der Waals surface area contributed by atoms with Crippen molar-refractivity contribution in [2.75, 3.05) is 6.54 Å². The van der Waals surface area contributed by atoms with Crippen molar-refractivity contribution in [2.45, 2.75) is 19.8 Å². The first-order valence-electron chi connectivity index (χ1n) is 6.78. The number of hydrogen-bond donors (Lipinski definition) is 2. The highest BCUT2D eigenvalue weighted by molar-refractivity contribution is 6.30. The zero-order valence-electron chi connectivity index (χ0n) is 12.2. The number of amides is 1. The van der Waals surface area contributed by atoms with Gasteiger partial charge in [0.15, 0.2) is 5.69 Å². The lowest BCUT2D eigenvalue weighted by Crippen LogP contribution is -2.26. The van der Waals surface area contributed by atoms with Gasteiger partial charge in [-0.05, 0) is 31.5 Å². The molecule has 1 aromatic heterocycles. The number of carbonyl (C=O) groups excluding carboxylic acids is 1. The van der Waals surface area contributed by atoms with Crippen LogP contribution in [0.4, 0.5) is 4.39 Å². The Morgan fingerprint density at radius 1 is 1.43 bits per heavy atom. The molecule has 122 valence electrons. The molecule has 1 heterocycles. The number of hydrogen-bond acceptors (Lipinski definition) is 4. The highest BCUT2D eigenvalue weighted by atomic mass is 35.5. The summed E-state index contributed by atoms with van der Waals surface area (Å²) in [6.45, 7) is 1.86. The Balaban J connectivity index is 2.10. The Morgan fingerprint density at radius 3 is 2.83 bits per heavy atom. The zero-order valence-corrected chi connectivity index (χ0v) is 13.0. The van der Waals surface area contributed by atoms with Crippen molar-refractivity contribution in [3.8, 4) is 5.69 Å². The molecular weight excluding hydrogens is 327 g/mol. The lowest BCUT2D eigenvalue weighted by atomic mass is 10.2. The van der Waals surface area contributed by atoms with Crippen LogP contribution in [-0.4, -0.2) is 38.5 Å². The topological polar surface area (TPSA) is 97.1 Å². The van der Waals surface area contributed by atoms with Crippen LogP contribution < -0.4 is 5.32 Å². The molecule has 0 saturated carbocycles. The van der Waals surface area contributed by atoms with Crippen LogP contribution in [0.3, 0.4) is 0 Å². The summed E-state index contributed by atoms with van der Waals surface area (Å²) in [5.41, 5.74) is 1.05. The van der Waals surface area contributed by atoms with Gasteiger partial charge in [0, 0.05) is 13.0 Å². The Labute approximate surface area is 136 Å². The molecule has 2 N–H and O–H groups in total. The fourth-order valence-corrected chi connectivity index (χ4v) is 2.10. The largest absolute Gasteiger partial charge is 0.481 e. The first-order chi connectivity index (χ1) is 10.9. The van der Waals surface area contributed by atoms with Gasteiger partial charge in [0.1, 0.15) is 5.82 Å². The molecule has 0 atom stereocenters. The molecule has 23 heavy (non-hydrogen) atoms. The Bertz CT molecular complexity index is 748. The molecule has 1 amide bonds. The number of aromatic nitrogens is 3. The standard InChI is InChI=1S/C14H14ClFN4O3/c1-8-13(14(23)17-6-2-3-12(21)22)18-19-20(8)9-4-5-11(16)10(15)7-9/h4-5,7H,2-3,6H2,1H3,(H,17,23)(H,21,22). The number of rotatable bonds is 6. The Hall–Kier alpha value is -2.48. The van der Waals surface area contributed by atoms with Gasteiger partial charge in [-0.15, -0.1) is 5.10 Å². The zero-order chi connectivity index (χ0) is 17.0. The summed E-state index contributed by atoms with van der Waals surface area (Å²) in [4.78, 5) is 22.4. The molecule has 0 unspecified atom stereocenters. The maximum atomic E-state index is 13.2. The van der Waals surface area contributed by atoms with Gasteiger partial charge in [-0.25, -0.2) is 9.07 Å². The van der Waals surface area contributed by atoms with Crippen LogP contribution in [0.5, 0.6) is 0 Å². The average Bonchev–Trinajstić information content (AvgIpc) is 2.88. The first-order valence-corrected chi connectivity index (χ1v) is 7.15. The van der Waals surface area contributed by atoms with Crippen LogP contribution in [-0.2, 0) is 4.79 Å². The van der Waals surface area contributed by atoms with E-state index in [0.29, 0.717) is 17.8 Å². The summed E-state index contributed by atoms with van der Waals surface area (Å²) in [7, 11) is 0. The van der Waals surface area contributed by atoms with E-state index in [9.17, 15) is 14.0 Å². The third-order valence-corrected chi connectivity index (χ3v) is 3.40. The van der Waals surface area contributed by atoms with Gasteiger partial charge >= 0.3 is 5.97 Å². The van der Waals surface area contributed by atoms with E-state index in [-0.39, 0.29) is 23.7 Å². The smallest absolute Gasteiger partial charge is 0.303 e. The van der Waals surface area contributed by atoms with E-state index in [0.717, 1.165) is 0 Å². The lowest BCUT2D eigenvalue weighted by molar-refractivity contribution is -0.137. The van der Waals surface area contributed by atoms with Crippen molar-refractivity contribution in [1.82, 2.24) is 20.3 Å². The van der Waals surface area contributed by atoms with Gasteiger partial charge in [0.2, 0.25) is 0 Å². The summed E-state index contributed by atoms with van der Waals surface area (Å²) in [5, 5.41) is 18.7. The molecule has 0 aliphatic carbocycles. The van der Waals surface area contributed by atoms with Crippen LogP contribution in [0.15, 0.2) is 18.2 Å². The molecule has 0 fully saturated rings. The maximum Gasteiger partial charge on any atom is 0.303 e. The summed E-state index contributed by atoms with van der Waals surface area (Å²) in [6.07, 6.45) is 0.294. The summed E-state index contributed by atoms with van der Waals surface area (Å²) >= 11 is 5.73. The van der Waals surface area contributed by atoms with E-state index in [4.69, 9.17) is 16.7 Å². The molecule has 0 aliphatic heterocycles. The quantitative estimate of drug-likeness (QED) is 0.783. The highest BCUT2D eigenvalue weighted by Crippen LogP contribution is 2.20. The van der Waals surface area contributed by atoms with Gasteiger partial charge in [-0.1, -0.05) is 16.8 Å². The number of nitrogens with one attached hydrogen (secondary N) is 1. The van der Waals surface area contributed by atoms with E-state index in [1.54, 1.807) is 6.92 Å². The van der Waals surface area contributed by atoms with Gasteiger partial charge in [-0.2, -0.15) is 0 Å². The van der Waals surface area contributed by atoms with E-state index < -0.39 is 17.7 Å². The molecule has 1 aromatic carbocycles. The summed E-state index contributed by atoms with van der Waals surface area (Å²) in [6, 6.07) is 4.05. The van der Waals surface area contributed by atoms with Gasteiger partial charge in [0.05, 0.1) is 16.4 Å². The van der Waals surface area contributed by atoms with E-state index in [1.807, 2.05) is 0 Å². The average molecular weight is 341 g/mol. The SMILES string of the molecule is Cc1c(C(=O)NCCCC(=O)O)nnn1-c1ccc(F)c(Cl)c1. The fraction of sp³-hybridized carbons (Fsp3) is 0.286. The number of benzene rings is 1. The van der Waals surface area contributed by atoms with E-state index >= 15 is 0 Å². The molecule has 2 aromatic rings. The minimum absolute atomic E-state index is 0.0277. The van der Waals surface area contributed by atoms with Crippen LogP contribution in [0, 0.1) is 12.7 Å². The summed E-state index contributed by atoms with van der Waals surface area (Å²) in [5.74, 6) is -1.92. The van der Waals surface area contributed by atoms with Crippen molar-refractivity contribution in [2.24, 2.45) is 0 Å². The van der Waals surface area contributed by atoms with Crippen LogP contribution in [0.1, 0.15) is 29.0 Å². The molecule has 0 bridgehead atoms. The summed E-state index contributed by atoms with van der Waals surface area (Å²) < 4.78 is 14.6. The minimum atomic E-state index is -0.922. The number of carbonyl (C=O) groups is 2. The molecule has 7 nitrogen and oxygen atoms in total. The second-order valence-corrected chi connectivity index (χ2v) is 5.19. The van der Waals surface area contributed by atoms with Crippen molar-refractivity contribution >= 4 is 23.5 Å². The highest BCUT2D eigenvalue weighted by Gasteiger charge is 2.17. The van der Waals surface area contributed by atoms with Crippen LogP contribution in [0.25, 0.3) is 5.69 Å². The monoisotopic (exact) mass is 340 g/mol. The third-order valence-electron chi connectivity index (χ3n) is 3.11. The molecule has 0 aliphatic rings. The fourth-order valence-electron chi connectivity index (χ4n) is 1.93. The predicted octanol–water partition coefficient (Wildman–Crippen LogP) is 1.96. The van der Waals surface area contributed by atoms with E-state index in [1.165, 1.54) is 22.9 Å². The molecular formula is C14H14ClFN4O3. The minimum Gasteiger partial charge on any atom is -0.481 e. The van der Waals surface area contributed by atoms with Crippen LogP contribution >= 0.6 is 11.6 Å². The van der Waals surface area contributed by atoms with Gasteiger partial charge < -0.3 is 10.4 Å². The van der Waals surface area contributed by atoms with E-state index in [2.05, 4.69) is 15.6 Å². The Kier molecular flexibility index (Phi) is 5.28. The maximum absolute atomic E-state index is 13.2. The number of carboxylic acid groups (broad SMARTS) is 1. The number of nitrogens with zero attached hydrogens (tertiary/aromatic N) is 3. The first kappa shape index (κ1) is 16.9. The lowest BCUT2D eigenvalue weighted by Gasteiger charge is -2.05. The molecule has 0 saturated heterocycles. The molecule has 0 spiro atoms. The Morgan fingerprint density at radius 2 is 2.17 bits per heavy atom. The predicted molar refractivity (Wildman–Crippen MR) is 80.3 cm³/mol. The van der Waals surface area contributed by atoms with Crippen molar-refractivity contribution in [3.05, 3.63) is 40.4 Å². The van der Waals surface area contributed by atoms with Gasteiger partial charge in [0.25, 0.3) is 5.91 Å².